The van der Waals surface area contributed by atoms with Crippen molar-refractivity contribution in [1.82, 2.24) is 33.8 Å². The summed E-state index contributed by atoms with van der Waals surface area (Å²) in [5.74, 6) is -0.0787. The molecule has 2 atom stereocenters. The number of hydrogen-bond donors (Lipinski definition) is 2. The van der Waals surface area contributed by atoms with Crippen LogP contribution in [0.25, 0.3) is 16.6 Å². The first-order chi connectivity index (χ1) is 20.6. The lowest BCUT2D eigenvalue weighted by molar-refractivity contribution is 0.0123. The smallest absolute Gasteiger partial charge is 0.410 e. The van der Waals surface area contributed by atoms with Gasteiger partial charge < -0.3 is 19.4 Å². The maximum Gasteiger partial charge on any atom is 0.410 e. The van der Waals surface area contributed by atoms with Gasteiger partial charge in [0.1, 0.15) is 11.1 Å². The van der Waals surface area contributed by atoms with E-state index in [1.165, 1.54) is 0 Å². The van der Waals surface area contributed by atoms with E-state index >= 15 is 0 Å². The van der Waals surface area contributed by atoms with Crippen molar-refractivity contribution in [2.24, 2.45) is 7.05 Å². The van der Waals surface area contributed by atoms with Gasteiger partial charge in [-0.2, -0.15) is 5.10 Å². The average Bonchev–Trinajstić information content (AvgIpc) is 3.57. The monoisotopic (exact) mass is 623 g/mol. The minimum absolute atomic E-state index is 0.0296. The molecule has 2 saturated heterocycles. The summed E-state index contributed by atoms with van der Waals surface area (Å²) in [6, 6.07) is 3.80. The number of carbonyl (C=O) groups is 2. The predicted octanol–water partition coefficient (Wildman–Crippen LogP) is 2.81. The molecule has 0 spiro atoms. The van der Waals surface area contributed by atoms with E-state index in [0.29, 0.717) is 47.0 Å². The topological polar surface area (TPSA) is 156 Å². The van der Waals surface area contributed by atoms with Gasteiger partial charge in [0, 0.05) is 43.6 Å². The Morgan fingerprint density at radius 2 is 1.77 bits per heavy atom. The molecule has 44 heavy (non-hydrogen) atoms. The van der Waals surface area contributed by atoms with Crippen LogP contribution >= 0.6 is 0 Å². The van der Waals surface area contributed by atoms with E-state index in [2.05, 4.69) is 30.0 Å². The number of ether oxygens (including phenoxy) is 1. The van der Waals surface area contributed by atoms with Crippen molar-refractivity contribution in [3.05, 3.63) is 47.7 Å². The zero-order valence-corrected chi connectivity index (χ0v) is 26.5. The van der Waals surface area contributed by atoms with Crippen molar-refractivity contribution in [3.63, 3.8) is 0 Å². The summed E-state index contributed by atoms with van der Waals surface area (Å²) >= 11 is 0. The Bertz CT molecular complexity index is 1880. The number of sulfonamides is 1. The number of nitrogens with zero attached hydrogens (tertiary/aromatic N) is 7. The molecule has 4 aromatic rings. The van der Waals surface area contributed by atoms with Gasteiger partial charge in [-0.25, -0.2) is 22.9 Å². The van der Waals surface area contributed by atoms with Crippen molar-refractivity contribution in [3.8, 4) is 0 Å². The van der Waals surface area contributed by atoms with Gasteiger partial charge in [0.25, 0.3) is 5.91 Å². The van der Waals surface area contributed by atoms with Crippen molar-refractivity contribution in [2.45, 2.75) is 64.8 Å². The van der Waals surface area contributed by atoms with Crippen LogP contribution in [0.1, 0.15) is 55.4 Å². The number of hydrogen-bond acceptors (Lipinski definition) is 9. The average molecular weight is 624 g/mol. The first kappa shape index (κ1) is 29.8. The van der Waals surface area contributed by atoms with Crippen LogP contribution in [0.4, 0.5) is 16.3 Å². The van der Waals surface area contributed by atoms with E-state index in [1.807, 2.05) is 45.0 Å². The Labute approximate surface area is 255 Å². The van der Waals surface area contributed by atoms with E-state index in [1.54, 1.807) is 34.5 Å². The number of amides is 2. The maximum atomic E-state index is 13.6. The predicted molar refractivity (Wildman–Crippen MR) is 165 cm³/mol. The molecule has 2 bridgehead atoms. The quantitative estimate of drug-likeness (QED) is 0.330. The lowest BCUT2D eigenvalue weighted by Gasteiger charge is -2.42. The van der Waals surface area contributed by atoms with Gasteiger partial charge in [0.15, 0.2) is 11.5 Å². The highest BCUT2D eigenvalue weighted by atomic mass is 32.2. The van der Waals surface area contributed by atoms with Crippen LogP contribution in [-0.4, -0.2) is 86.5 Å². The molecule has 2 aliphatic rings. The summed E-state index contributed by atoms with van der Waals surface area (Å²) in [5.41, 5.74) is 2.90. The Balaban J connectivity index is 1.25. The number of aromatic nitrogens is 5. The molecule has 2 unspecified atom stereocenters. The number of fused-ring (bicyclic) bond motifs is 4. The molecule has 14 nitrogen and oxygen atoms in total. The van der Waals surface area contributed by atoms with Crippen LogP contribution < -0.4 is 14.9 Å². The number of imidazole rings is 1. The molecule has 0 radical (unpaired) electrons. The van der Waals surface area contributed by atoms with Gasteiger partial charge in [-0.05, 0) is 52.7 Å². The van der Waals surface area contributed by atoms with Gasteiger partial charge in [-0.15, -0.1) is 0 Å². The van der Waals surface area contributed by atoms with E-state index in [4.69, 9.17) is 4.74 Å². The second-order valence-electron chi connectivity index (χ2n) is 12.6. The highest BCUT2D eigenvalue weighted by molar-refractivity contribution is 7.88. The summed E-state index contributed by atoms with van der Waals surface area (Å²) in [7, 11) is -1.61. The molecule has 3 aromatic heterocycles. The standard InChI is InChI=1S/C29H37N9O5S/c1-17-12-37-16-24(32-26(37)22(31-17)11-30-44(6,41)42)33-27(39)20-9-10-23(21-15-35(5)34-25(20)21)36-13-18-7-8-19(14-36)38(18)28(40)43-29(2,3)4/h9-10,12,15-16,18-19,30H,7-8,11,13-14H2,1-6H3,(H,33,39). The van der Waals surface area contributed by atoms with E-state index < -0.39 is 15.6 Å². The molecule has 2 fully saturated rings. The molecule has 1 aromatic carbocycles. The number of aryl methyl sites for hydroxylation is 2. The Morgan fingerprint density at radius 3 is 2.43 bits per heavy atom. The highest BCUT2D eigenvalue weighted by Crippen LogP contribution is 2.37. The fourth-order valence-electron chi connectivity index (χ4n) is 6.14. The Hall–Kier alpha value is -4.24. The summed E-state index contributed by atoms with van der Waals surface area (Å²) in [6.07, 6.45) is 7.96. The third-order valence-corrected chi connectivity index (χ3v) is 8.48. The third-order valence-electron chi connectivity index (χ3n) is 7.81. The number of benzene rings is 1. The van der Waals surface area contributed by atoms with E-state index in [-0.39, 0.29) is 30.6 Å². The fourth-order valence-corrected chi connectivity index (χ4v) is 6.54. The summed E-state index contributed by atoms with van der Waals surface area (Å²) < 4.78 is 34.8. The summed E-state index contributed by atoms with van der Waals surface area (Å²) in [6.45, 7) is 8.73. The minimum atomic E-state index is -3.43. The number of anilines is 2. The number of carbonyl (C=O) groups excluding carboxylic acids is 2. The molecule has 0 aliphatic carbocycles. The second-order valence-corrected chi connectivity index (χ2v) is 14.4. The molecular weight excluding hydrogens is 586 g/mol. The normalized spacial score (nSPS) is 18.8. The summed E-state index contributed by atoms with van der Waals surface area (Å²) in [5, 5.41) is 8.34. The van der Waals surface area contributed by atoms with Gasteiger partial charge in [-0.1, -0.05) is 0 Å². The second kappa shape index (κ2) is 10.7. The molecular formula is C29H37N9O5S. The van der Waals surface area contributed by atoms with Crippen LogP contribution in [0.2, 0.25) is 0 Å². The van der Waals surface area contributed by atoms with Crippen LogP contribution in [0, 0.1) is 6.92 Å². The Morgan fingerprint density at radius 1 is 1.07 bits per heavy atom. The number of rotatable bonds is 6. The van der Waals surface area contributed by atoms with Gasteiger partial charge >= 0.3 is 6.09 Å². The lowest BCUT2D eigenvalue weighted by Crippen LogP contribution is -2.56. The van der Waals surface area contributed by atoms with Crippen molar-refractivity contribution in [1.29, 1.82) is 0 Å². The molecule has 5 heterocycles. The van der Waals surface area contributed by atoms with E-state index in [9.17, 15) is 18.0 Å². The SMILES string of the molecule is Cc1cn2cc(NC(=O)c3ccc(N4CC5CCC(C4)N5C(=O)OC(C)(C)C)c4cn(C)nc34)nc2c(CNS(C)(=O)=O)n1. The largest absolute Gasteiger partial charge is 0.444 e. The molecule has 6 rings (SSSR count). The third kappa shape index (κ3) is 5.93. The summed E-state index contributed by atoms with van der Waals surface area (Å²) in [4.78, 5) is 39.7. The number of nitrogens with one attached hydrogen (secondary N) is 2. The van der Waals surface area contributed by atoms with Crippen molar-refractivity contribution >= 4 is 50.1 Å². The molecule has 0 saturated carbocycles. The zero-order chi connectivity index (χ0) is 31.6. The zero-order valence-electron chi connectivity index (χ0n) is 25.7. The Kier molecular flexibility index (Phi) is 7.27. The lowest BCUT2D eigenvalue weighted by atomic mass is 10.1. The maximum absolute atomic E-state index is 13.6. The molecule has 2 aliphatic heterocycles. The molecule has 2 N–H and O–H groups in total. The first-order valence-corrected chi connectivity index (χ1v) is 16.4. The van der Waals surface area contributed by atoms with Crippen LogP contribution in [0.3, 0.4) is 0 Å². The van der Waals surface area contributed by atoms with Crippen LogP contribution in [0.15, 0.2) is 30.7 Å². The van der Waals surface area contributed by atoms with Crippen molar-refractivity contribution < 1.29 is 22.7 Å². The first-order valence-electron chi connectivity index (χ1n) is 14.5. The van der Waals surface area contributed by atoms with Gasteiger partial charge in [0.2, 0.25) is 10.0 Å². The van der Waals surface area contributed by atoms with Crippen LogP contribution in [-0.2, 0) is 28.4 Å². The van der Waals surface area contributed by atoms with Crippen LogP contribution in [0.5, 0.6) is 0 Å². The highest BCUT2D eigenvalue weighted by Gasteiger charge is 2.44. The van der Waals surface area contributed by atoms with Gasteiger partial charge in [-0.3, -0.25) is 19.4 Å². The van der Waals surface area contributed by atoms with Crippen molar-refractivity contribution in [2.75, 3.05) is 29.6 Å². The van der Waals surface area contributed by atoms with E-state index in [0.717, 1.165) is 30.2 Å². The fraction of sp³-hybridized carbons (Fsp3) is 0.483. The molecule has 2 amide bonds. The van der Waals surface area contributed by atoms with Gasteiger partial charge in [0.05, 0.1) is 48.0 Å². The number of piperazine rings is 1. The molecule has 234 valence electrons. The minimum Gasteiger partial charge on any atom is -0.444 e. The molecule has 15 heteroatoms.